The first-order valence-electron chi connectivity index (χ1n) is 5.70. The predicted molar refractivity (Wildman–Crippen MR) is 69.1 cm³/mol. The van der Waals surface area contributed by atoms with Gasteiger partial charge in [-0.3, -0.25) is 0 Å². The number of benzene rings is 1. The molecule has 1 heterocycles. The van der Waals surface area contributed by atoms with Crippen LogP contribution in [0.5, 0.6) is 0 Å². The minimum Gasteiger partial charge on any atom is -0.379 e. The molecule has 1 aromatic carbocycles. The molecule has 0 radical (unpaired) electrons. The van der Waals surface area contributed by atoms with Crippen molar-refractivity contribution in [3.05, 3.63) is 24.3 Å². The molecule has 0 unspecified atom stereocenters. The summed E-state index contributed by atoms with van der Waals surface area (Å²) < 4.78 is 54.0. The molecule has 0 bridgehead atoms. The maximum absolute atomic E-state index is 12.3. The van der Waals surface area contributed by atoms with Crippen molar-refractivity contribution < 1.29 is 21.6 Å². The van der Waals surface area contributed by atoms with E-state index < -0.39 is 19.9 Å². The van der Waals surface area contributed by atoms with Gasteiger partial charge in [0.05, 0.1) is 23.0 Å². The molecule has 0 aromatic heterocycles. The van der Waals surface area contributed by atoms with E-state index in [9.17, 15) is 16.8 Å². The Morgan fingerprint density at radius 1 is 1.05 bits per heavy atom. The van der Waals surface area contributed by atoms with Crippen LogP contribution in [-0.4, -0.2) is 53.7 Å². The summed E-state index contributed by atoms with van der Waals surface area (Å²) in [5.41, 5.74) is 0. The van der Waals surface area contributed by atoms with Crippen molar-refractivity contribution in [3.63, 3.8) is 0 Å². The minimum atomic E-state index is -3.66. The third-order valence-electron chi connectivity index (χ3n) is 2.84. The largest absolute Gasteiger partial charge is 0.379 e. The molecule has 1 saturated heterocycles. The van der Waals surface area contributed by atoms with Gasteiger partial charge in [0.15, 0.2) is 9.84 Å². The van der Waals surface area contributed by atoms with Gasteiger partial charge in [0.1, 0.15) is 0 Å². The molecular weight excluding hydrogens is 290 g/mol. The number of nitrogens with zero attached hydrogens (tertiary/aromatic N) is 1. The quantitative estimate of drug-likeness (QED) is 0.792. The average Bonchev–Trinajstić information content (AvgIpc) is 2.39. The van der Waals surface area contributed by atoms with E-state index in [1.165, 1.54) is 28.6 Å². The third-order valence-corrected chi connectivity index (χ3v) is 5.85. The number of morpholine rings is 1. The van der Waals surface area contributed by atoms with Gasteiger partial charge in [-0.1, -0.05) is 6.07 Å². The molecule has 1 aromatic rings. The Labute approximate surface area is 113 Å². The summed E-state index contributed by atoms with van der Waals surface area (Å²) in [6.07, 6.45) is 1.05. The Morgan fingerprint density at radius 2 is 1.63 bits per heavy atom. The van der Waals surface area contributed by atoms with Gasteiger partial charge in [-0.2, -0.15) is 4.31 Å². The van der Waals surface area contributed by atoms with Crippen LogP contribution in [-0.2, 0) is 24.6 Å². The lowest BCUT2D eigenvalue weighted by Crippen LogP contribution is -2.40. The predicted octanol–water partition coefficient (Wildman–Crippen LogP) is 0.111. The Balaban J connectivity index is 2.41. The van der Waals surface area contributed by atoms with Crippen molar-refractivity contribution >= 4 is 19.9 Å². The van der Waals surface area contributed by atoms with Crippen LogP contribution < -0.4 is 0 Å². The van der Waals surface area contributed by atoms with Crippen LogP contribution in [0.4, 0.5) is 0 Å². The highest BCUT2D eigenvalue weighted by molar-refractivity contribution is 7.91. The summed E-state index contributed by atoms with van der Waals surface area (Å²) >= 11 is 0. The standard InChI is InChI=1S/C11H15NO5S2/c1-18(13,14)10-3-2-4-11(9-10)19(15,16)12-5-7-17-8-6-12/h2-4,9H,5-8H2,1H3. The Hall–Kier alpha value is -0.960. The second kappa shape index (κ2) is 5.20. The van der Waals surface area contributed by atoms with E-state index in [0.29, 0.717) is 13.2 Å². The zero-order chi connectivity index (χ0) is 14.1. The van der Waals surface area contributed by atoms with E-state index >= 15 is 0 Å². The Bertz CT molecular complexity index is 660. The van der Waals surface area contributed by atoms with Gasteiger partial charge >= 0.3 is 0 Å². The van der Waals surface area contributed by atoms with Gasteiger partial charge in [-0.25, -0.2) is 16.8 Å². The monoisotopic (exact) mass is 305 g/mol. The molecule has 8 heteroatoms. The summed E-state index contributed by atoms with van der Waals surface area (Å²) in [6, 6.07) is 5.41. The van der Waals surface area contributed by atoms with Crippen molar-refractivity contribution in [3.8, 4) is 0 Å². The average molecular weight is 305 g/mol. The van der Waals surface area contributed by atoms with Crippen molar-refractivity contribution in [1.82, 2.24) is 4.31 Å². The molecule has 6 nitrogen and oxygen atoms in total. The molecule has 0 spiro atoms. The zero-order valence-corrected chi connectivity index (χ0v) is 12.1. The molecule has 0 amide bonds. The van der Waals surface area contributed by atoms with E-state index in [0.717, 1.165) is 6.26 Å². The summed E-state index contributed by atoms with van der Waals surface area (Å²) in [5.74, 6) is 0. The fourth-order valence-electron chi connectivity index (χ4n) is 1.80. The molecular formula is C11H15NO5S2. The molecule has 0 saturated carbocycles. The van der Waals surface area contributed by atoms with Gasteiger partial charge in [0, 0.05) is 19.3 Å². The molecule has 0 N–H and O–H groups in total. The number of ether oxygens (including phenoxy) is 1. The van der Waals surface area contributed by atoms with Gasteiger partial charge < -0.3 is 4.74 Å². The number of rotatable bonds is 3. The first-order valence-corrected chi connectivity index (χ1v) is 9.03. The number of sulfone groups is 1. The van der Waals surface area contributed by atoms with Gasteiger partial charge in [0.25, 0.3) is 0 Å². The smallest absolute Gasteiger partial charge is 0.243 e. The van der Waals surface area contributed by atoms with Crippen LogP contribution in [0.15, 0.2) is 34.1 Å². The minimum absolute atomic E-state index is 0.00170. The molecule has 1 aliphatic heterocycles. The highest BCUT2D eigenvalue weighted by atomic mass is 32.2. The summed E-state index contributed by atoms with van der Waals surface area (Å²) in [6.45, 7) is 1.27. The molecule has 2 rings (SSSR count). The summed E-state index contributed by atoms with van der Waals surface area (Å²) in [5, 5.41) is 0. The van der Waals surface area contributed by atoms with Crippen molar-refractivity contribution in [1.29, 1.82) is 0 Å². The highest BCUT2D eigenvalue weighted by Crippen LogP contribution is 2.20. The van der Waals surface area contributed by atoms with Crippen LogP contribution in [0.2, 0.25) is 0 Å². The maximum atomic E-state index is 12.3. The van der Waals surface area contributed by atoms with Crippen LogP contribution in [0.25, 0.3) is 0 Å². The molecule has 0 aliphatic carbocycles. The van der Waals surface area contributed by atoms with E-state index in [1.807, 2.05) is 0 Å². The fourth-order valence-corrected chi connectivity index (χ4v) is 4.00. The fraction of sp³-hybridized carbons (Fsp3) is 0.455. The van der Waals surface area contributed by atoms with Crippen molar-refractivity contribution in [2.24, 2.45) is 0 Å². The maximum Gasteiger partial charge on any atom is 0.243 e. The summed E-state index contributed by atoms with van der Waals surface area (Å²) in [7, 11) is -7.08. The molecule has 0 atom stereocenters. The molecule has 1 aliphatic rings. The second-order valence-electron chi connectivity index (χ2n) is 4.26. The Kier molecular flexibility index (Phi) is 3.95. The van der Waals surface area contributed by atoms with Gasteiger partial charge in [0.2, 0.25) is 10.0 Å². The lowest BCUT2D eigenvalue weighted by Gasteiger charge is -2.26. The number of hydrogen-bond acceptors (Lipinski definition) is 5. The van der Waals surface area contributed by atoms with Crippen LogP contribution in [0, 0.1) is 0 Å². The first-order chi connectivity index (χ1) is 8.82. The normalized spacial score (nSPS) is 18.4. The third kappa shape index (κ3) is 3.14. The van der Waals surface area contributed by atoms with E-state index in [4.69, 9.17) is 4.74 Å². The molecule has 19 heavy (non-hydrogen) atoms. The van der Waals surface area contributed by atoms with Gasteiger partial charge in [-0.15, -0.1) is 0 Å². The lowest BCUT2D eigenvalue weighted by molar-refractivity contribution is 0.0730. The summed E-state index contributed by atoms with van der Waals surface area (Å²) in [4.78, 5) is -0.000778. The van der Waals surface area contributed by atoms with E-state index in [2.05, 4.69) is 0 Å². The lowest BCUT2D eigenvalue weighted by atomic mass is 10.4. The second-order valence-corrected chi connectivity index (χ2v) is 8.22. The van der Waals surface area contributed by atoms with Crippen molar-refractivity contribution in [2.45, 2.75) is 9.79 Å². The van der Waals surface area contributed by atoms with Crippen LogP contribution in [0.3, 0.4) is 0 Å². The molecule has 106 valence electrons. The SMILES string of the molecule is CS(=O)(=O)c1cccc(S(=O)(=O)N2CCOCC2)c1. The first kappa shape index (κ1) is 14.4. The zero-order valence-electron chi connectivity index (χ0n) is 10.4. The van der Waals surface area contributed by atoms with E-state index in [-0.39, 0.29) is 22.9 Å². The molecule has 1 fully saturated rings. The number of sulfonamides is 1. The topological polar surface area (TPSA) is 80.8 Å². The van der Waals surface area contributed by atoms with Gasteiger partial charge in [-0.05, 0) is 18.2 Å². The van der Waals surface area contributed by atoms with Crippen LogP contribution in [0.1, 0.15) is 0 Å². The van der Waals surface area contributed by atoms with E-state index in [1.54, 1.807) is 0 Å². The Morgan fingerprint density at radius 3 is 2.21 bits per heavy atom. The van der Waals surface area contributed by atoms with Crippen molar-refractivity contribution in [2.75, 3.05) is 32.6 Å². The highest BCUT2D eigenvalue weighted by Gasteiger charge is 2.27. The van der Waals surface area contributed by atoms with Crippen LogP contribution >= 0.6 is 0 Å². The number of hydrogen-bond donors (Lipinski definition) is 0.